The van der Waals surface area contributed by atoms with Crippen molar-refractivity contribution in [1.82, 2.24) is 15.2 Å². The van der Waals surface area contributed by atoms with Crippen LogP contribution in [0.4, 0.5) is 0 Å². The molecule has 0 atom stereocenters. The number of nitrogens with zero attached hydrogens (tertiary/aromatic N) is 2. The largest absolute Gasteiger partial charge is 0.477 e. The Hall–Kier alpha value is -2.28. The molecule has 126 valence electrons. The monoisotopic (exact) mass is 391 g/mol. The molecule has 0 fully saturated rings. The van der Waals surface area contributed by atoms with Crippen LogP contribution in [0.25, 0.3) is 17.5 Å². The summed E-state index contributed by atoms with van der Waals surface area (Å²) >= 11 is 12.7. The van der Waals surface area contributed by atoms with E-state index >= 15 is 0 Å². The van der Waals surface area contributed by atoms with Crippen molar-refractivity contribution in [3.63, 3.8) is 0 Å². The third kappa shape index (κ3) is 4.63. The number of H-pyrrole nitrogens is 1. The highest BCUT2D eigenvalue weighted by Crippen LogP contribution is 2.28. The van der Waals surface area contributed by atoms with Crippen LogP contribution < -0.4 is 0 Å². The van der Waals surface area contributed by atoms with E-state index in [1.165, 1.54) is 0 Å². The summed E-state index contributed by atoms with van der Waals surface area (Å²) in [6.45, 7) is 0. The molecule has 0 saturated carbocycles. The molecule has 8 heteroatoms. The molecule has 2 N–H and O–H groups in total. The second-order valence-corrected chi connectivity index (χ2v) is 6.82. The molecule has 3 aromatic rings. The van der Waals surface area contributed by atoms with Crippen LogP contribution in [0.3, 0.4) is 0 Å². The van der Waals surface area contributed by atoms with Crippen LogP contribution in [-0.2, 0) is 4.79 Å². The Morgan fingerprint density at radius 3 is 2.24 bits per heavy atom. The first-order valence-electron chi connectivity index (χ1n) is 7.08. The van der Waals surface area contributed by atoms with E-state index in [1.54, 1.807) is 54.6 Å². The summed E-state index contributed by atoms with van der Waals surface area (Å²) in [6.07, 6.45) is 1.54. The molecular formula is C17H11Cl2N3O2S. The zero-order valence-corrected chi connectivity index (χ0v) is 14.9. The van der Waals surface area contributed by atoms with Gasteiger partial charge in [-0.3, -0.25) is 5.10 Å². The summed E-state index contributed by atoms with van der Waals surface area (Å²) < 4.78 is 0. The van der Waals surface area contributed by atoms with Gasteiger partial charge in [-0.15, -0.1) is 5.10 Å². The van der Waals surface area contributed by atoms with Crippen molar-refractivity contribution in [2.45, 2.75) is 5.16 Å². The Kier molecular flexibility index (Phi) is 5.43. The molecule has 0 spiro atoms. The van der Waals surface area contributed by atoms with Crippen molar-refractivity contribution in [2.24, 2.45) is 0 Å². The van der Waals surface area contributed by atoms with Gasteiger partial charge < -0.3 is 5.11 Å². The number of carbonyl (C=O) groups is 1. The zero-order valence-electron chi connectivity index (χ0n) is 12.6. The number of aromatic nitrogens is 3. The molecule has 1 heterocycles. The van der Waals surface area contributed by atoms with Gasteiger partial charge >= 0.3 is 5.97 Å². The highest BCUT2D eigenvalue weighted by atomic mass is 35.5. The van der Waals surface area contributed by atoms with Gasteiger partial charge in [0.05, 0.1) is 0 Å². The summed E-state index contributed by atoms with van der Waals surface area (Å²) in [7, 11) is 0. The summed E-state index contributed by atoms with van der Waals surface area (Å²) in [4.78, 5) is 15.9. The van der Waals surface area contributed by atoms with E-state index in [4.69, 9.17) is 23.2 Å². The van der Waals surface area contributed by atoms with E-state index in [1.807, 2.05) is 0 Å². The van der Waals surface area contributed by atoms with Crippen molar-refractivity contribution in [3.8, 4) is 11.4 Å². The van der Waals surface area contributed by atoms with Gasteiger partial charge in [-0.25, -0.2) is 9.78 Å². The van der Waals surface area contributed by atoms with Gasteiger partial charge in [0.2, 0.25) is 5.16 Å². The summed E-state index contributed by atoms with van der Waals surface area (Å²) in [5.41, 5.74) is 1.53. The number of hydrogen-bond donors (Lipinski definition) is 2. The van der Waals surface area contributed by atoms with Crippen molar-refractivity contribution in [1.29, 1.82) is 0 Å². The van der Waals surface area contributed by atoms with Crippen LogP contribution in [0, 0.1) is 0 Å². The molecule has 0 unspecified atom stereocenters. The number of rotatable bonds is 5. The van der Waals surface area contributed by atoms with E-state index in [-0.39, 0.29) is 4.91 Å². The number of benzene rings is 2. The fourth-order valence-corrected chi connectivity index (χ4v) is 2.93. The number of carboxylic acid groups (broad SMARTS) is 1. The third-order valence-electron chi connectivity index (χ3n) is 3.16. The molecule has 0 amide bonds. The van der Waals surface area contributed by atoms with Gasteiger partial charge in [0.25, 0.3) is 0 Å². The number of nitrogens with one attached hydrogen (secondary N) is 1. The summed E-state index contributed by atoms with van der Waals surface area (Å²) in [5, 5.41) is 17.8. The number of aromatic amines is 1. The molecule has 0 bridgehead atoms. The second kappa shape index (κ2) is 7.74. The van der Waals surface area contributed by atoms with Gasteiger partial charge in [-0.1, -0.05) is 35.3 Å². The summed E-state index contributed by atoms with van der Waals surface area (Å²) in [5.74, 6) is -0.520. The maximum absolute atomic E-state index is 11.5. The van der Waals surface area contributed by atoms with Crippen LogP contribution in [-0.4, -0.2) is 26.3 Å². The fourth-order valence-electron chi connectivity index (χ4n) is 1.97. The van der Waals surface area contributed by atoms with Crippen LogP contribution in [0.2, 0.25) is 10.0 Å². The number of hydrogen-bond acceptors (Lipinski definition) is 4. The average molecular weight is 392 g/mol. The van der Waals surface area contributed by atoms with Crippen molar-refractivity contribution < 1.29 is 9.90 Å². The van der Waals surface area contributed by atoms with Crippen molar-refractivity contribution in [2.75, 3.05) is 0 Å². The van der Waals surface area contributed by atoms with Gasteiger partial charge in [0.1, 0.15) is 4.91 Å². The quantitative estimate of drug-likeness (QED) is 0.472. The van der Waals surface area contributed by atoms with E-state index in [0.29, 0.717) is 21.0 Å². The molecule has 1 aromatic heterocycles. The van der Waals surface area contributed by atoms with Crippen LogP contribution in [0.15, 0.2) is 58.6 Å². The van der Waals surface area contributed by atoms with Crippen molar-refractivity contribution in [3.05, 3.63) is 69.0 Å². The Morgan fingerprint density at radius 2 is 1.64 bits per heavy atom. The van der Waals surface area contributed by atoms with Crippen LogP contribution >= 0.6 is 35.0 Å². The number of thioether (sulfide) groups is 1. The lowest BCUT2D eigenvalue weighted by Crippen LogP contribution is -1.97. The fraction of sp³-hybridized carbons (Fsp3) is 0. The predicted octanol–water partition coefficient (Wildman–Crippen LogP) is 5.00. The Morgan fingerprint density at radius 1 is 1.04 bits per heavy atom. The Balaban J connectivity index is 1.82. The van der Waals surface area contributed by atoms with E-state index in [2.05, 4.69) is 15.2 Å². The number of halogens is 2. The van der Waals surface area contributed by atoms with Crippen molar-refractivity contribution >= 4 is 47.0 Å². The first kappa shape index (κ1) is 17.5. The molecule has 3 rings (SSSR count). The number of carboxylic acids is 1. The second-order valence-electron chi connectivity index (χ2n) is 4.94. The molecule has 2 aromatic carbocycles. The SMILES string of the molecule is O=C(O)/C(=C/c1ccc(Cl)cc1)Sc1n[nH]c(-c2ccc(Cl)cc2)n1. The van der Waals surface area contributed by atoms with E-state index in [9.17, 15) is 9.90 Å². The highest BCUT2D eigenvalue weighted by Gasteiger charge is 2.14. The minimum absolute atomic E-state index is 0.101. The van der Waals surface area contributed by atoms with Gasteiger partial charge in [0.15, 0.2) is 5.82 Å². The van der Waals surface area contributed by atoms with Crippen LogP contribution in [0.1, 0.15) is 5.56 Å². The predicted molar refractivity (Wildman–Crippen MR) is 99.8 cm³/mol. The minimum atomic E-state index is -1.06. The normalized spacial score (nSPS) is 11.5. The zero-order chi connectivity index (χ0) is 17.8. The lowest BCUT2D eigenvalue weighted by atomic mass is 10.2. The van der Waals surface area contributed by atoms with Crippen LogP contribution in [0.5, 0.6) is 0 Å². The molecule has 0 aliphatic heterocycles. The molecule has 5 nitrogen and oxygen atoms in total. The molecule has 25 heavy (non-hydrogen) atoms. The topological polar surface area (TPSA) is 78.9 Å². The number of aliphatic carboxylic acids is 1. The minimum Gasteiger partial charge on any atom is -0.477 e. The summed E-state index contributed by atoms with van der Waals surface area (Å²) in [6, 6.07) is 14.0. The molecule has 0 saturated heterocycles. The molecular weight excluding hydrogens is 381 g/mol. The smallest absolute Gasteiger partial charge is 0.342 e. The standard InChI is InChI=1S/C17H11Cl2N3O2S/c18-12-5-1-10(2-6-12)9-14(16(23)24)25-17-20-15(21-22-17)11-3-7-13(19)8-4-11/h1-9H,(H,23,24)(H,20,21,22)/b14-9-. The van der Waals surface area contributed by atoms with Gasteiger partial charge in [0, 0.05) is 15.6 Å². The van der Waals surface area contributed by atoms with E-state index < -0.39 is 5.97 Å². The first-order valence-corrected chi connectivity index (χ1v) is 8.65. The first-order chi connectivity index (χ1) is 12.0. The third-order valence-corrected chi connectivity index (χ3v) is 4.54. The molecule has 0 aliphatic carbocycles. The Labute approximate surface area is 157 Å². The lowest BCUT2D eigenvalue weighted by Gasteiger charge is -2.00. The molecule has 0 aliphatic rings. The van der Waals surface area contributed by atoms with Gasteiger partial charge in [-0.05, 0) is 59.8 Å². The lowest BCUT2D eigenvalue weighted by molar-refractivity contribution is -0.131. The maximum atomic E-state index is 11.5. The van der Waals surface area contributed by atoms with E-state index in [0.717, 1.165) is 22.9 Å². The Bertz CT molecular complexity index is 922. The highest BCUT2D eigenvalue weighted by molar-refractivity contribution is 8.04. The van der Waals surface area contributed by atoms with Gasteiger partial charge in [-0.2, -0.15) is 0 Å². The average Bonchev–Trinajstić information content (AvgIpc) is 3.05. The molecule has 0 radical (unpaired) electrons. The maximum Gasteiger partial charge on any atom is 0.342 e.